The second kappa shape index (κ2) is 8.13. The van der Waals surface area contributed by atoms with Crippen molar-refractivity contribution in [2.24, 2.45) is 5.92 Å². The maximum absolute atomic E-state index is 12.5. The Kier molecular flexibility index (Phi) is 6.31. The Balaban J connectivity index is 2.01. The first-order chi connectivity index (χ1) is 12.5. The van der Waals surface area contributed by atoms with Gasteiger partial charge in [0.15, 0.2) is 5.76 Å². The van der Waals surface area contributed by atoms with Crippen LogP contribution in [0.2, 0.25) is 0 Å². The maximum Gasteiger partial charge on any atom is 0.412 e. The third-order valence-electron chi connectivity index (χ3n) is 4.55. The molecular formula is C21H29NO5. The molecule has 0 saturated heterocycles. The number of carbonyl (C=O) groups is 2. The van der Waals surface area contributed by atoms with Crippen LogP contribution in [0.15, 0.2) is 36.1 Å². The van der Waals surface area contributed by atoms with E-state index in [1.165, 1.54) is 6.08 Å². The molecule has 6 heteroatoms. The molecule has 0 bridgehead atoms. The van der Waals surface area contributed by atoms with Crippen LogP contribution in [0.4, 0.5) is 10.5 Å². The van der Waals surface area contributed by atoms with E-state index in [0.29, 0.717) is 18.5 Å². The van der Waals surface area contributed by atoms with E-state index in [2.05, 4.69) is 5.32 Å². The maximum atomic E-state index is 12.5. The van der Waals surface area contributed by atoms with E-state index in [1.807, 2.05) is 46.8 Å². The molecule has 1 amide bonds. The van der Waals surface area contributed by atoms with Crippen molar-refractivity contribution in [2.75, 3.05) is 11.9 Å². The number of hydrogen-bond donors (Lipinski definition) is 2. The van der Waals surface area contributed by atoms with Crippen molar-refractivity contribution in [3.63, 3.8) is 0 Å². The first-order valence-corrected chi connectivity index (χ1v) is 9.20. The lowest BCUT2D eigenvalue weighted by Gasteiger charge is -2.37. The average molecular weight is 375 g/mol. The van der Waals surface area contributed by atoms with Crippen LogP contribution in [-0.4, -0.2) is 34.8 Å². The van der Waals surface area contributed by atoms with Gasteiger partial charge < -0.3 is 14.6 Å². The van der Waals surface area contributed by atoms with Crippen LogP contribution in [-0.2, 0) is 20.7 Å². The average Bonchev–Trinajstić information content (AvgIpc) is 2.55. The molecule has 0 saturated carbocycles. The summed E-state index contributed by atoms with van der Waals surface area (Å²) in [5, 5.41) is 12.5. The summed E-state index contributed by atoms with van der Waals surface area (Å²) >= 11 is 0. The van der Waals surface area contributed by atoms with Crippen molar-refractivity contribution in [2.45, 2.75) is 58.7 Å². The Labute approximate surface area is 160 Å². The van der Waals surface area contributed by atoms with Crippen LogP contribution >= 0.6 is 0 Å². The van der Waals surface area contributed by atoms with Crippen LogP contribution in [0.5, 0.6) is 0 Å². The summed E-state index contributed by atoms with van der Waals surface area (Å²) < 4.78 is 11.0. The smallest absolute Gasteiger partial charge is 0.412 e. The van der Waals surface area contributed by atoms with Gasteiger partial charge in [-0.05, 0) is 63.3 Å². The zero-order chi connectivity index (χ0) is 20.2. The Morgan fingerprint density at radius 2 is 1.93 bits per heavy atom. The standard InChI is InChI=1S/C21H29NO5/c1-14(2)21(18(24)17(23)11-13-26-21)12-10-15-6-8-16(9-7-15)22-19(25)27-20(3,4)5/h6-9,11,14,23H,10,12-13H2,1-5H3,(H,22,25). The highest BCUT2D eigenvalue weighted by molar-refractivity contribution is 6.00. The molecule has 1 heterocycles. The molecule has 1 aliphatic rings. The molecule has 0 spiro atoms. The predicted molar refractivity (Wildman–Crippen MR) is 104 cm³/mol. The molecule has 148 valence electrons. The van der Waals surface area contributed by atoms with E-state index in [9.17, 15) is 14.7 Å². The quantitative estimate of drug-likeness (QED) is 0.797. The van der Waals surface area contributed by atoms with Gasteiger partial charge in [-0.25, -0.2) is 4.79 Å². The fourth-order valence-corrected chi connectivity index (χ4v) is 3.05. The molecule has 0 aromatic heterocycles. The number of aryl methyl sites for hydroxylation is 1. The van der Waals surface area contributed by atoms with E-state index in [1.54, 1.807) is 12.1 Å². The summed E-state index contributed by atoms with van der Waals surface area (Å²) in [6.45, 7) is 9.49. The zero-order valence-corrected chi connectivity index (χ0v) is 16.7. The van der Waals surface area contributed by atoms with Crippen LogP contribution in [0, 0.1) is 5.92 Å². The molecule has 1 unspecified atom stereocenters. The lowest BCUT2D eigenvalue weighted by Crippen LogP contribution is -2.49. The van der Waals surface area contributed by atoms with Gasteiger partial charge in [0.1, 0.15) is 11.2 Å². The van der Waals surface area contributed by atoms with Gasteiger partial charge in [0.25, 0.3) is 0 Å². The van der Waals surface area contributed by atoms with Crippen LogP contribution < -0.4 is 5.32 Å². The number of aliphatic hydroxyl groups is 1. The Morgan fingerprint density at radius 3 is 2.48 bits per heavy atom. The van der Waals surface area contributed by atoms with Gasteiger partial charge in [0.05, 0.1) is 6.61 Å². The fourth-order valence-electron chi connectivity index (χ4n) is 3.05. The van der Waals surface area contributed by atoms with Gasteiger partial charge >= 0.3 is 6.09 Å². The van der Waals surface area contributed by atoms with Gasteiger partial charge in [-0.2, -0.15) is 0 Å². The minimum Gasteiger partial charge on any atom is -0.504 e. The number of anilines is 1. The number of amides is 1. The molecular weight excluding hydrogens is 346 g/mol. The van der Waals surface area contributed by atoms with Gasteiger partial charge in [-0.1, -0.05) is 26.0 Å². The Morgan fingerprint density at radius 1 is 1.30 bits per heavy atom. The van der Waals surface area contributed by atoms with E-state index in [4.69, 9.17) is 9.47 Å². The molecule has 1 atom stereocenters. The van der Waals surface area contributed by atoms with Crippen molar-refractivity contribution >= 4 is 17.6 Å². The molecule has 2 rings (SSSR count). The third kappa shape index (κ3) is 5.32. The molecule has 27 heavy (non-hydrogen) atoms. The van der Waals surface area contributed by atoms with Gasteiger partial charge in [0.2, 0.25) is 5.78 Å². The fraction of sp³-hybridized carbons (Fsp3) is 0.524. The van der Waals surface area contributed by atoms with Crippen molar-refractivity contribution in [3.05, 3.63) is 41.7 Å². The monoisotopic (exact) mass is 375 g/mol. The second-order valence-electron chi connectivity index (χ2n) is 8.10. The predicted octanol–water partition coefficient (Wildman–Crippen LogP) is 4.40. The minimum atomic E-state index is -1.01. The first-order valence-electron chi connectivity index (χ1n) is 9.20. The normalized spacial score (nSPS) is 20.4. The number of ketones is 1. The van der Waals surface area contributed by atoms with E-state index >= 15 is 0 Å². The number of carbonyl (C=O) groups excluding carboxylic acids is 2. The van der Waals surface area contributed by atoms with E-state index in [-0.39, 0.29) is 24.1 Å². The lowest BCUT2D eigenvalue weighted by molar-refractivity contribution is -0.153. The Hall–Kier alpha value is -2.34. The summed E-state index contributed by atoms with van der Waals surface area (Å²) in [5.74, 6) is -0.632. The number of hydrogen-bond acceptors (Lipinski definition) is 5. The molecule has 1 aliphatic heterocycles. The van der Waals surface area contributed by atoms with Crippen LogP contribution in [0.3, 0.4) is 0 Å². The highest BCUT2D eigenvalue weighted by Gasteiger charge is 2.45. The SMILES string of the molecule is CC(C)C1(CCc2ccc(NC(=O)OC(C)(C)C)cc2)OCC=C(O)C1=O. The van der Waals surface area contributed by atoms with Gasteiger partial charge in [-0.15, -0.1) is 0 Å². The summed E-state index contributed by atoms with van der Waals surface area (Å²) in [4.78, 5) is 24.3. The van der Waals surface area contributed by atoms with Crippen LogP contribution in [0.25, 0.3) is 0 Å². The molecule has 0 aliphatic carbocycles. The highest BCUT2D eigenvalue weighted by Crippen LogP contribution is 2.33. The number of ether oxygens (including phenoxy) is 2. The zero-order valence-electron chi connectivity index (χ0n) is 16.7. The largest absolute Gasteiger partial charge is 0.504 e. The number of benzene rings is 1. The number of Topliss-reactive ketones (excluding diaryl/α,β-unsaturated/α-hetero) is 1. The molecule has 1 aromatic rings. The third-order valence-corrected chi connectivity index (χ3v) is 4.55. The lowest BCUT2D eigenvalue weighted by atomic mass is 9.79. The number of rotatable bonds is 5. The molecule has 6 nitrogen and oxygen atoms in total. The van der Waals surface area contributed by atoms with Crippen molar-refractivity contribution in [1.82, 2.24) is 0 Å². The topological polar surface area (TPSA) is 84.9 Å². The van der Waals surface area contributed by atoms with Crippen molar-refractivity contribution in [1.29, 1.82) is 0 Å². The summed E-state index contributed by atoms with van der Waals surface area (Å²) in [6.07, 6.45) is 1.99. The second-order valence-corrected chi connectivity index (χ2v) is 8.10. The summed E-state index contributed by atoms with van der Waals surface area (Å²) in [7, 11) is 0. The first kappa shape index (κ1) is 21.0. The molecule has 0 fully saturated rings. The van der Waals surface area contributed by atoms with E-state index in [0.717, 1.165) is 5.56 Å². The van der Waals surface area contributed by atoms with Crippen molar-refractivity contribution in [3.8, 4) is 0 Å². The molecule has 1 aromatic carbocycles. The van der Waals surface area contributed by atoms with Crippen LogP contribution in [0.1, 0.15) is 46.6 Å². The number of nitrogens with one attached hydrogen (secondary N) is 1. The van der Waals surface area contributed by atoms with Gasteiger partial charge in [-0.3, -0.25) is 10.1 Å². The van der Waals surface area contributed by atoms with Gasteiger partial charge in [0, 0.05) is 5.69 Å². The minimum absolute atomic E-state index is 0.0611. The summed E-state index contributed by atoms with van der Waals surface area (Å²) in [5.41, 5.74) is 0.0842. The molecule has 2 N–H and O–H groups in total. The Bertz CT molecular complexity index is 715. The van der Waals surface area contributed by atoms with Crippen molar-refractivity contribution < 1.29 is 24.2 Å². The highest BCUT2D eigenvalue weighted by atomic mass is 16.6. The van der Waals surface area contributed by atoms with E-state index < -0.39 is 17.3 Å². The summed E-state index contributed by atoms with van der Waals surface area (Å²) in [6, 6.07) is 7.37. The number of aliphatic hydroxyl groups excluding tert-OH is 1. The molecule has 0 radical (unpaired) electrons.